The van der Waals surface area contributed by atoms with Gasteiger partial charge in [-0.1, -0.05) is 103 Å². The lowest BCUT2D eigenvalue weighted by Crippen LogP contribution is -2.24. The predicted octanol–water partition coefficient (Wildman–Crippen LogP) is 7.37. The predicted molar refractivity (Wildman–Crippen MR) is 159 cm³/mol. The molecule has 0 amide bonds. The number of unbranched alkanes of at least 4 members (excludes halogenated alkanes) is 13. The van der Waals surface area contributed by atoms with Crippen molar-refractivity contribution in [1.29, 1.82) is 0 Å². The second kappa shape index (κ2) is 21.1. The number of aromatic nitrogens is 2. The molecular weight excluding hydrogens is 527 g/mol. The topological polar surface area (TPSA) is 83.0 Å². The lowest BCUT2D eigenvalue weighted by molar-refractivity contribution is -0.671. The maximum atomic E-state index is 12.4. The zero-order valence-corrected chi connectivity index (χ0v) is 26.1. The van der Waals surface area contributed by atoms with Gasteiger partial charge < -0.3 is 14.0 Å². The normalized spacial score (nSPS) is 13.8. The van der Waals surface area contributed by atoms with Gasteiger partial charge in [-0.2, -0.15) is 0 Å². The third-order valence-corrected chi connectivity index (χ3v) is 7.95. The number of hydrogen-bond donors (Lipinski definition) is 1. The zero-order chi connectivity index (χ0) is 28.9. The molecule has 0 aliphatic heterocycles. The molecule has 1 N–H and O–H groups in total. The quantitative estimate of drug-likeness (QED) is 0.0749. The van der Waals surface area contributed by atoms with Crippen LogP contribution in [0.3, 0.4) is 0 Å². The minimum atomic E-state index is -4.28. The Kier molecular flexibility index (Phi) is 18.2. The first kappa shape index (κ1) is 34.5. The molecule has 9 heteroatoms. The number of ether oxygens (including phenoxy) is 2. The maximum Gasteiger partial charge on any atom is 0.527 e. The van der Waals surface area contributed by atoms with Crippen molar-refractivity contribution in [3.63, 3.8) is 0 Å². The Balaban J connectivity index is 1.48. The number of phosphoric acid groups is 1. The van der Waals surface area contributed by atoms with E-state index in [2.05, 4.69) is 6.92 Å². The molecule has 0 bridgehead atoms. The number of aryl methyl sites for hydroxylation is 1. The fourth-order valence-electron chi connectivity index (χ4n) is 4.60. The fourth-order valence-corrected chi connectivity index (χ4v) is 5.39. The highest BCUT2D eigenvalue weighted by Crippen LogP contribution is 2.44. The summed E-state index contributed by atoms with van der Waals surface area (Å²) in [5.74, 6) is 0.274. The first-order valence-corrected chi connectivity index (χ1v) is 16.8. The van der Waals surface area contributed by atoms with E-state index >= 15 is 0 Å². The maximum absolute atomic E-state index is 12.4. The van der Waals surface area contributed by atoms with Gasteiger partial charge in [0.2, 0.25) is 6.33 Å². The molecule has 2 unspecified atom stereocenters. The van der Waals surface area contributed by atoms with E-state index in [1.807, 2.05) is 47.0 Å². The van der Waals surface area contributed by atoms with E-state index in [1.54, 1.807) is 12.1 Å². The van der Waals surface area contributed by atoms with Crippen LogP contribution in [0.15, 0.2) is 43.0 Å². The molecule has 1 aromatic carbocycles. The van der Waals surface area contributed by atoms with Crippen molar-refractivity contribution in [3.8, 4) is 5.75 Å². The average Bonchev–Trinajstić information content (AvgIpc) is 3.35. The average molecular weight is 582 g/mol. The molecule has 40 heavy (non-hydrogen) atoms. The number of methoxy groups -OCH3 is 1. The second-order valence-electron chi connectivity index (χ2n) is 10.8. The molecule has 1 heterocycles. The molecule has 0 spiro atoms. The number of nitrogens with zero attached hydrogens (tertiary/aromatic N) is 2. The van der Waals surface area contributed by atoms with Crippen molar-refractivity contribution in [2.75, 3.05) is 26.9 Å². The van der Waals surface area contributed by atoms with Gasteiger partial charge in [-0.05, 0) is 24.1 Å². The Morgan fingerprint density at radius 1 is 0.875 bits per heavy atom. The number of benzene rings is 1. The lowest BCUT2D eigenvalue weighted by atomic mass is 10.0. The first-order chi connectivity index (χ1) is 19.4. The van der Waals surface area contributed by atoms with Crippen LogP contribution in [0.2, 0.25) is 0 Å². The van der Waals surface area contributed by atoms with E-state index in [4.69, 9.17) is 18.5 Å². The zero-order valence-electron chi connectivity index (χ0n) is 25.2. The molecular formula is C31H54N2O6P+. The van der Waals surface area contributed by atoms with Gasteiger partial charge in [0.05, 0.1) is 20.3 Å². The van der Waals surface area contributed by atoms with Crippen LogP contribution < -0.4 is 9.09 Å². The summed E-state index contributed by atoms with van der Waals surface area (Å²) in [6, 6.07) is 7.05. The molecule has 0 fully saturated rings. The molecule has 2 rings (SSSR count). The minimum Gasteiger partial charge on any atom is -0.404 e. The molecule has 228 valence electrons. The van der Waals surface area contributed by atoms with E-state index in [0.717, 1.165) is 18.4 Å². The summed E-state index contributed by atoms with van der Waals surface area (Å²) in [7, 11) is -0.776. The summed E-state index contributed by atoms with van der Waals surface area (Å²) in [6.07, 6.45) is 24.0. The van der Waals surface area contributed by atoms with Crippen LogP contribution in [-0.2, 0) is 32.2 Å². The minimum absolute atomic E-state index is 0.0915. The van der Waals surface area contributed by atoms with Gasteiger partial charge in [-0.15, -0.1) is 0 Å². The molecule has 0 saturated carbocycles. The molecule has 0 saturated heterocycles. The molecule has 2 aromatic rings. The van der Waals surface area contributed by atoms with Gasteiger partial charge in [0.25, 0.3) is 0 Å². The Hall–Kier alpha value is -1.70. The first-order valence-electron chi connectivity index (χ1n) is 15.3. The highest BCUT2D eigenvalue weighted by Gasteiger charge is 2.25. The van der Waals surface area contributed by atoms with Crippen LogP contribution in [0.4, 0.5) is 0 Å². The van der Waals surface area contributed by atoms with Crippen LogP contribution >= 0.6 is 7.82 Å². The van der Waals surface area contributed by atoms with Gasteiger partial charge in [-0.3, -0.25) is 9.42 Å². The Morgan fingerprint density at radius 2 is 1.45 bits per heavy atom. The van der Waals surface area contributed by atoms with E-state index < -0.39 is 13.9 Å². The number of rotatable bonds is 25. The Bertz CT molecular complexity index is 936. The van der Waals surface area contributed by atoms with Crippen molar-refractivity contribution in [3.05, 3.63) is 48.5 Å². The number of hydrogen-bond acceptors (Lipinski definition) is 5. The monoisotopic (exact) mass is 581 g/mol. The summed E-state index contributed by atoms with van der Waals surface area (Å²) in [6.45, 7) is 3.83. The standard InChI is InChI=1S/C31H53N2O6P/c1-4-5-6-7-8-9-10-11-12-13-14-15-16-17-24-37-26-31(36-3)27-38-40(34,35)39-30-20-18-29(19-21-30)25-33-23-22-32(2)28-33/h18-23,28,31H,4-17,24-27H2,1-3H3/p+1. The number of imidazole rings is 1. The van der Waals surface area contributed by atoms with Crippen molar-refractivity contribution < 1.29 is 32.5 Å². The van der Waals surface area contributed by atoms with Gasteiger partial charge in [0, 0.05) is 13.7 Å². The molecule has 0 aliphatic rings. The van der Waals surface area contributed by atoms with Crippen molar-refractivity contribution in [2.24, 2.45) is 7.05 Å². The Morgan fingerprint density at radius 3 is 1.98 bits per heavy atom. The molecule has 1 aromatic heterocycles. The summed E-state index contributed by atoms with van der Waals surface area (Å²) in [5, 5.41) is 0. The van der Waals surface area contributed by atoms with Crippen LogP contribution in [0.25, 0.3) is 0 Å². The Labute approximate surface area is 242 Å². The van der Waals surface area contributed by atoms with Crippen LogP contribution in [0.1, 0.15) is 102 Å². The molecule has 0 aliphatic carbocycles. The summed E-state index contributed by atoms with van der Waals surface area (Å²) in [4.78, 5) is 10.1. The smallest absolute Gasteiger partial charge is 0.404 e. The van der Waals surface area contributed by atoms with Gasteiger partial charge in [0.15, 0.2) is 0 Å². The summed E-state index contributed by atoms with van der Waals surface area (Å²) < 4.78 is 37.9. The molecule has 2 atom stereocenters. The van der Waals surface area contributed by atoms with Crippen molar-refractivity contribution >= 4 is 7.82 Å². The number of phosphoric ester groups is 1. The largest absolute Gasteiger partial charge is 0.527 e. The third-order valence-electron chi connectivity index (χ3n) is 7.04. The summed E-state index contributed by atoms with van der Waals surface area (Å²) in [5.41, 5.74) is 1.05. The van der Waals surface area contributed by atoms with E-state index in [0.29, 0.717) is 19.8 Å². The molecule has 0 radical (unpaired) electrons. The SMILES string of the molecule is CCCCCCCCCCCCCCCCOCC(COP(=O)(O)Oc1ccc(Cn2cc[n+](C)c2)cc1)OC. The highest BCUT2D eigenvalue weighted by molar-refractivity contribution is 7.47. The van der Waals surface area contributed by atoms with Crippen molar-refractivity contribution in [1.82, 2.24) is 4.57 Å². The van der Waals surface area contributed by atoms with Gasteiger partial charge in [-0.25, -0.2) is 13.7 Å². The van der Waals surface area contributed by atoms with E-state index in [-0.39, 0.29) is 12.4 Å². The highest BCUT2D eigenvalue weighted by atomic mass is 31.2. The van der Waals surface area contributed by atoms with Crippen molar-refractivity contribution in [2.45, 2.75) is 109 Å². The van der Waals surface area contributed by atoms with Crippen LogP contribution in [0.5, 0.6) is 5.75 Å². The van der Waals surface area contributed by atoms with E-state index in [1.165, 1.54) is 84.2 Å². The third kappa shape index (κ3) is 16.5. The van der Waals surface area contributed by atoms with E-state index in [9.17, 15) is 9.46 Å². The summed E-state index contributed by atoms with van der Waals surface area (Å²) >= 11 is 0. The van der Waals surface area contributed by atoms with Crippen LogP contribution in [-0.4, -0.2) is 42.5 Å². The molecule has 8 nitrogen and oxygen atoms in total. The second-order valence-corrected chi connectivity index (χ2v) is 12.2. The lowest BCUT2D eigenvalue weighted by Gasteiger charge is -2.18. The van der Waals surface area contributed by atoms with Gasteiger partial charge >= 0.3 is 7.82 Å². The van der Waals surface area contributed by atoms with Gasteiger partial charge in [0.1, 0.15) is 30.8 Å². The van der Waals surface area contributed by atoms with Crippen LogP contribution in [0, 0.1) is 0 Å². The fraction of sp³-hybridized carbons (Fsp3) is 0.710.